The van der Waals surface area contributed by atoms with E-state index in [1.165, 1.54) is 12.8 Å². The third-order valence-electron chi connectivity index (χ3n) is 5.10. The summed E-state index contributed by atoms with van der Waals surface area (Å²) in [5.74, 6) is 0.0433. The van der Waals surface area contributed by atoms with E-state index in [4.69, 9.17) is 4.74 Å². The average Bonchev–Trinajstić information content (AvgIpc) is 2.55. The Kier molecular flexibility index (Phi) is 6.22. The van der Waals surface area contributed by atoms with Gasteiger partial charge in [-0.2, -0.15) is 5.26 Å². The van der Waals surface area contributed by atoms with Gasteiger partial charge in [0.2, 0.25) is 5.91 Å². The van der Waals surface area contributed by atoms with Crippen LogP contribution in [0.15, 0.2) is 0 Å². The molecular formula is C17H29N3O2. The zero-order chi connectivity index (χ0) is 16.0. The van der Waals surface area contributed by atoms with Gasteiger partial charge in [-0.25, -0.2) is 0 Å². The summed E-state index contributed by atoms with van der Waals surface area (Å²) >= 11 is 0. The lowest BCUT2D eigenvalue weighted by atomic mass is 9.81. The highest BCUT2D eigenvalue weighted by atomic mass is 16.5. The monoisotopic (exact) mass is 307 g/mol. The summed E-state index contributed by atoms with van der Waals surface area (Å²) in [5, 5.41) is 9.58. The first-order chi connectivity index (χ1) is 10.6. The molecule has 0 N–H and O–H groups in total. The molecule has 5 heteroatoms. The standard InChI is InChI=1S/C17H29N3O2/c1-19(12-15-8-4-7-11-22-15)13-16(21)20(2)17(14-18)9-5-3-6-10-17/h15H,3-13H2,1-2H3. The Morgan fingerprint density at radius 3 is 2.55 bits per heavy atom. The van der Waals surface area contributed by atoms with E-state index < -0.39 is 5.54 Å². The van der Waals surface area contributed by atoms with Crippen molar-refractivity contribution in [2.45, 2.75) is 63.0 Å². The fourth-order valence-corrected chi connectivity index (χ4v) is 3.60. The smallest absolute Gasteiger partial charge is 0.237 e. The van der Waals surface area contributed by atoms with E-state index in [9.17, 15) is 10.1 Å². The van der Waals surface area contributed by atoms with Crippen LogP contribution in [0.25, 0.3) is 0 Å². The number of ether oxygens (including phenoxy) is 1. The molecule has 1 atom stereocenters. The molecule has 1 unspecified atom stereocenters. The highest BCUT2D eigenvalue weighted by Gasteiger charge is 2.38. The summed E-state index contributed by atoms with van der Waals surface area (Å²) in [6.07, 6.45) is 8.55. The summed E-state index contributed by atoms with van der Waals surface area (Å²) in [5.41, 5.74) is -0.586. The molecule has 0 spiro atoms. The number of hydrogen-bond acceptors (Lipinski definition) is 4. The lowest BCUT2D eigenvalue weighted by Gasteiger charge is -2.39. The molecule has 2 fully saturated rings. The van der Waals surface area contributed by atoms with Gasteiger partial charge < -0.3 is 9.64 Å². The molecule has 2 aliphatic rings. The maximum Gasteiger partial charge on any atom is 0.237 e. The Bertz CT molecular complexity index is 407. The van der Waals surface area contributed by atoms with Gasteiger partial charge in [0.1, 0.15) is 5.54 Å². The zero-order valence-electron chi connectivity index (χ0n) is 14.0. The van der Waals surface area contributed by atoms with Gasteiger partial charge in [0.05, 0.1) is 18.7 Å². The van der Waals surface area contributed by atoms with E-state index in [1.807, 2.05) is 11.9 Å². The van der Waals surface area contributed by atoms with Crippen molar-refractivity contribution in [1.82, 2.24) is 9.80 Å². The molecule has 1 saturated carbocycles. The van der Waals surface area contributed by atoms with Gasteiger partial charge in [-0.1, -0.05) is 19.3 Å². The van der Waals surface area contributed by atoms with Gasteiger partial charge >= 0.3 is 0 Å². The minimum Gasteiger partial charge on any atom is -0.377 e. The molecule has 1 amide bonds. The largest absolute Gasteiger partial charge is 0.377 e. The number of likely N-dealkylation sites (N-methyl/N-ethyl adjacent to an activating group) is 2. The Balaban J connectivity index is 1.85. The SMILES string of the molecule is CN(CC(=O)N(C)C1(C#N)CCCCC1)CC1CCCCO1. The minimum atomic E-state index is -0.586. The van der Waals surface area contributed by atoms with Gasteiger partial charge in [0.25, 0.3) is 0 Å². The van der Waals surface area contributed by atoms with Crippen LogP contribution in [0.2, 0.25) is 0 Å². The maximum absolute atomic E-state index is 12.6. The summed E-state index contributed by atoms with van der Waals surface area (Å²) < 4.78 is 5.73. The quantitative estimate of drug-likeness (QED) is 0.781. The predicted octanol–water partition coefficient (Wildman–Crippen LogP) is 2.17. The fraction of sp³-hybridized carbons (Fsp3) is 0.882. The molecule has 1 aliphatic heterocycles. The van der Waals surface area contributed by atoms with E-state index in [0.29, 0.717) is 6.54 Å². The van der Waals surface area contributed by atoms with Crippen molar-refractivity contribution in [2.24, 2.45) is 0 Å². The molecule has 0 bridgehead atoms. The van der Waals surface area contributed by atoms with Crippen LogP contribution in [0.1, 0.15) is 51.4 Å². The van der Waals surface area contributed by atoms with Gasteiger partial charge in [-0.15, -0.1) is 0 Å². The van der Waals surface area contributed by atoms with Crippen molar-refractivity contribution in [3.05, 3.63) is 0 Å². The molecule has 0 aromatic carbocycles. The molecule has 5 nitrogen and oxygen atoms in total. The molecule has 0 aromatic heterocycles. The molecule has 1 saturated heterocycles. The molecule has 0 radical (unpaired) electrons. The van der Waals surface area contributed by atoms with Crippen LogP contribution in [0.3, 0.4) is 0 Å². The van der Waals surface area contributed by atoms with E-state index in [2.05, 4.69) is 6.07 Å². The topological polar surface area (TPSA) is 56.6 Å². The second-order valence-corrected chi connectivity index (χ2v) is 6.84. The van der Waals surface area contributed by atoms with Crippen molar-refractivity contribution < 1.29 is 9.53 Å². The molecule has 1 aliphatic carbocycles. The number of nitrogens with zero attached hydrogens (tertiary/aromatic N) is 3. The van der Waals surface area contributed by atoms with Crippen molar-refractivity contribution in [3.8, 4) is 6.07 Å². The van der Waals surface area contributed by atoms with Crippen molar-refractivity contribution in [1.29, 1.82) is 5.26 Å². The second-order valence-electron chi connectivity index (χ2n) is 6.84. The minimum absolute atomic E-state index is 0.0433. The van der Waals surface area contributed by atoms with Crippen molar-refractivity contribution in [3.63, 3.8) is 0 Å². The van der Waals surface area contributed by atoms with E-state index in [0.717, 1.165) is 51.7 Å². The van der Waals surface area contributed by atoms with Gasteiger partial charge in [0, 0.05) is 20.2 Å². The van der Waals surface area contributed by atoms with Crippen molar-refractivity contribution in [2.75, 3.05) is 33.8 Å². The summed E-state index contributed by atoms with van der Waals surface area (Å²) in [6, 6.07) is 2.41. The zero-order valence-corrected chi connectivity index (χ0v) is 14.0. The number of carbonyl (C=O) groups excluding carboxylic acids is 1. The first kappa shape index (κ1) is 17.2. The van der Waals surface area contributed by atoms with E-state index in [-0.39, 0.29) is 12.0 Å². The highest BCUT2D eigenvalue weighted by Crippen LogP contribution is 2.32. The number of carbonyl (C=O) groups is 1. The number of nitriles is 1. The van der Waals surface area contributed by atoms with Crippen LogP contribution in [0.4, 0.5) is 0 Å². The van der Waals surface area contributed by atoms with E-state index >= 15 is 0 Å². The lowest BCUT2D eigenvalue weighted by molar-refractivity contribution is -0.136. The Morgan fingerprint density at radius 2 is 1.95 bits per heavy atom. The predicted molar refractivity (Wildman–Crippen MR) is 85.3 cm³/mol. The normalized spacial score (nSPS) is 24.7. The van der Waals surface area contributed by atoms with Crippen molar-refractivity contribution >= 4 is 5.91 Å². The Morgan fingerprint density at radius 1 is 1.23 bits per heavy atom. The summed E-state index contributed by atoms with van der Waals surface area (Å²) in [4.78, 5) is 16.3. The Labute approximate surface area is 134 Å². The van der Waals surface area contributed by atoms with Gasteiger partial charge in [-0.3, -0.25) is 9.69 Å². The average molecular weight is 307 g/mol. The molecular weight excluding hydrogens is 278 g/mol. The van der Waals surface area contributed by atoms with Gasteiger partial charge in [-0.05, 0) is 39.2 Å². The number of amides is 1. The van der Waals surface area contributed by atoms with Crippen LogP contribution < -0.4 is 0 Å². The third-order valence-corrected chi connectivity index (χ3v) is 5.10. The summed E-state index contributed by atoms with van der Waals surface area (Å²) in [6.45, 7) is 1.99. The van der Waals surface area contributed by atoms with Crippen LogP contribution in [0, 0.1) is 11.3 Å². The fourth-order valence-electron chi connectivity index (χ4n) is 3.60. The van der Waals surface area contributed by atoms with Crippen LogP contribution in [0.5, 0.6) is 0 Å². The first-order valence-corrected chi connectivity index (χ1v) is 8.55. The molecule has 124 valence electrons. The first-order valence-electron chi connectivity index (χ1n) is 8.55. The molecule has 0 aromatic rings. The lowest BCUT2D eigenvalue weighted by Crippen LogP contribution is -2.52. The number of hydrogen-bond donors (Lipinski definition) is 0. The third kappa shape index (κ3) is 4.21. The second kappa shape index (κ2) is 7.94. The van der Waals surface area contributed by atoms with Crippen LogP contribution in [-0.2, 0) is 9.53 Å². The van der Waals surface area contributed by atoms with Crippen LogP contribution >= 0.6 is 0 Å². The summed E-state index contributed by atoms with van der Waals surface area (Å²) in [7, 11) is 3.76. The molecule has 1 heterocycles. The highest BCUT2D eigenvalue weighted by molar-refractivity contribution is 5.79. The van der Waals surface area contributed by atoms with E-state index in [1.54, 1.807) is 11.9 Å². The van der Waals surface area contributed by atoms with Crippen LogP contribution in [-0.4, -0.2) is 61.1 Å². The molecule has 22 heavy (non-hydrogen) atoms. The Hall–Kier alpha value is -1.12. The number of rotatable bonds is 5. The van der Waals surface area contributed by atoms with Gasteiger partial charge in [0.15, 0.2) is 0 Å². The molecule has 2 rings (SSSR count). The maximum atomic E-state index is 12.6.